The lowest BCUT2D eigenvalue weighted by atomic mass is 10.2. The van der Waals surface area contributed by atoms with Gasteiger partial charge in [0.2, 0.25) is 0 Å². The standard InChI is InChI=1S/C8H10F2O/c1-3-7(9)8(10)5-4-6(2)11/h3,5,7H,1,4H2,2H3. The van der Waals surface area contributed by atoms with Crippen LogP contribution in [0.15, 0.2) is 24.6 Å². The van der Waals surface area contributed by atoms with Gasteiger partial charge in [0.25, 0.3) is 0 Å². The summed E-state index contributed by atoms with van der Waals surface area (Å²) in [6.45, 7) is 4.38. The predicted molar refractivity (Wildman–Crippen MR) is 39.6 cm³/mol. The molecule has 0 spiro atoms. The van der Waals surface area contributed by atoms with E-state index in [2.05, 4.69) is 6.58 Å². The highest BCUT2D eigenvalue weighted by atomic mass is 19.2. The van der Waals surface area contributed by atoms with Crippen molar-refractivity contribution < 1.29 is 13.6 Å². The van der Waals surface area contributed by atoms with E-state index in [0.717, 1.165) is 12.2 Å². The van der Waals surface area contributed by atoms with Crippen LogP contribution in [0.4, 0.5) is 8.78 Å². The second-order valence-corrected chi connectivity index (χ2v) is 2.13. The third-order valence-electron chi connectivity index (χ3n) is 1.05. The van der Waals surface area contributed by atoms with Gasteiger partial charge in [-0.05, 0) is 13.0 Å². The van der Waals surface area contributed by atoms with Crippen LogP contribution in [0, 0.1) is 0 Å². The third kappa shape index (κ3) is 4.42. The van der Waals surface area contributed by atoms with Crippen molar-refractivity contribution in [2.45, 2.75) is 19.5 Å². The molecule has 1 atom stereocenters. The predicted octanol–water partition coefficient (Wildman–Crippen LogP) is 2.34. The lowest BCUT2D eigenvalue weighted by Crippen LogP contribution is -1.96. The molecule has 0 aliphatic carbocycles. The number of rotatable bonds is 4. The summed E-state index contributed by atoms with van der Waals surface area (Å²) in [6, 6.07) is 0. The van der Waals surface area contributed by atoms with Gasteiger partial charge in [-0.1, -0.05) is 12.7 Å². The van der Waals surface area contributed by atoms with E-state index in [9.17, 15) is 13.6 Å². The van der Waals surface area contributed by atoms with Crippen LogP contribution < -0.4 is 0 Å². The summed E-state index contributed by atoms with van der Waals surface area (Å²) in [6.07, 6.45) is -0.0878. The maximum atomic E-state index is 12.4. The first kappa shape index (κ1) is 10.0. The number of alkyl halides is 1. The molecule has 0 aromatic carbocycles. The molecule has 0 saturated heterocycles. The van der Waals surface area contributed by atoms with E-state index in [1.165, 1.54) is 6.92 Å². The fourth-order valence-corrected chi connectivity index (χ4v) is 0.466. The molecule has 1 nitrogen and oxygen atoms in total. The summed E-state index contributed by atoms with van der Waals surface area (Å²) in [4.78, 5) is 10.3. The minimum atomic E-state index is -1.78. The molecule has 0 saturated carbocycles. The molecular formula is C8H10F2O. The van der Waals surface area contributed by atoms with Crippen molar-refractivity contribution in [3.63, 3.8) is 0 Å². The van der Waals surface area contributed by atoms with Crippen molar-refractivity contribution in [3.05, 3.63) is 24.6 Å². The van der Waals surface area contributed by atoms with Crippen LogP contribution in [-0.2, 0) is 4.79 Å². The fourth-order valence-electron chi connectivity index (χ4n) is 0.466. The summed E-state index contributed by atoms with van der Waals surface area (Å²) in [5.74, 6) is -1.15. The average Bonchev–Trinajstić information content (AvgIpc) is 1.98. The summed E-state index contributed by atoms with van der Waals surface area (Å²) in [7, 11) is 0. The van der Waals surface area contributed by atoms with E-state index in [1.807, 2.05) is 0 Å². The molecule has 0 aliphatic heterocycles. The first-order valence-electron chi connectivity index (χ1n) is 3.19. The Balaban J connectivity index is 3.99. The number of allylic oxidation sites excluding steroid dienone is 3. The topological polar surface area (TPSA) is 17.1 Å². The molecule has 0 aromatic rings. The van der Waals surface area contributed by atoms with Crippen molar-refractivity contribution in [3.8, 4) is 0 Å². The zero-order valence-electron chi connectivity index (χ0n) is 6.31. The Morgan fingerprint density at radius 3 is 2.64 bits per heavy atom. The van der Waals surface area contributed by atoms with Gasteiger partial charge in [-0.3, -0.25) is 4.79 Å². The van der Waals surface area contributed by atoms with E-state index in [4.69, 9.17) is 0 Å². The number of ketones is 1. The van der Waals surface area contributed by atoms with Crippen molar-refractivity contribution in [1.82, 2.24) is 0 Å². The summed E-state index contributed by atoms with van der Waals surface area (Å²) >= 11 is 0. The molecule has 11 heavy (non-hydrogen) atoms. The van der Waals surface area contributed by atoms with E-state index < -0.39 is 12.0 Å². The summed E-state index contributed by atoms with van der Waals surface area (Å²) < 4.78 is 24.7. The molecule has 0 fully saturated rings. The van der Waals surface area contributed by atoms with Crippen molar-refractivity contribution in [2.24, 2.45) is 0 Å². The van der Waals surface area contributed by atoms with Gasteiger partial charge in [0.05, 0.1) is 0 Å². The van der Waals surface area contributed by atoms with Gasteiger partial charge < -0.3 is 0 Å². The molecule has 0 radical (unpaired) electrons. The lowest BCUT2D eigenvalue weighted by Gasteiger charge is -1.96. The largest absolute Gasteiger partial charge is 0.300 e. The van der Waals surface area contributed by atoms with Crippen LogP contribution in [0.25, 0.3) is 0 Å². The third-order valence-corrected chi connectivity index (χ3v) is 1.05. The smallest absolute Gasteiger partial charge is 0.169 e. The van der Waals surface area contributed by atoms with Crippen LogP contribution >= 0.6 is 0 Å². The van der Waals surface area contributed by atoms with Crippen LogP contribution in [0.2, 0.25) is 0 Å². The number of hydrogen-bond acceptors (Lipinski definition) is 1. The molecule has 62 valence electrons. The molecule has 0 amide bonds. The molecule has 0 bridgehead atoms. The Labute approximate surface area is 64.4 Å². The SMILES string of the molecule is C=CC(F)C(F)=CCC(C)=O. The highest BCUT2D eigenvalue weighted by Crippen LogP contribution is 2.09. The number of carbonyl (C=O) groups is 1. The summed E-state index contributed by atoms with van der Waals surface area (Å²) in [5, 5.41) is 0. The first-order valence-corrected chi connectivity index (χ1v) is 3.19. The molecule has 0 heterocycles. The highest BCUT2D eigenvalue weighted by molar-refractivity contribution is 5.77. The maximum Gasteiger partial charge on any atom is 0.169 e. The second-order valence-electron chi connectivity index (χ2n) is 2.13. The van der Waals surface area contributed by atoms with Gasteiger partial charge in [0.15, 0.2) is 6.17 Å². The number of hydrogen-bond donors (Lipinski definition) is 0. The number of Topliss-reactive ketones (excluding diaryl/α,β-unsaturated/α-hetero) is 1. The van der Waals surface area contributed by atoms with Crippen molar-refractivity contribution in [2.75, 3.05) is 0 Å². The Hall–Kier alpha value is -0.990. The van der Waals surface area contributed by atoms with Gasteiger partial charge in [-0.15, -0.1) is 0 Å². The Morgan fingerprint density at radius 2 is 2.27 bits per heavy atom. The quantitative estimate of drug-likeness (QED) is 0.577. The minimum absolute atomic E-state index is 0.0694. The van der Waals surface area contributed by atoms with E-state index in [1.54, 1.807) is 0 Å². The van der Waals surface area contributed by atoms with Gasteiger partial charge in [0.1, 0.15) is 11.6 Å². The Kier molecular flexibility index (Phi) is 4.34. The molecule has 0 aromatic heterocycles. The first-order chi connectivity index (χ1) is 5.07. The number of carbonyl (C=O) groups excluding carboxylic acids is 1. The Morgan fingerprint density at radius 1 is 1.73 bits per heavy atom. The molecule has 1 unspecified atom stereocenters. The van der Waals surface area contributed by atoms with Crippen molar-refractivity contribution in [1.29, 1.82) is 0 Å². The number of halogens is 2. The van der Waals surface area contributed by atoms with Gasteiger partial charge in [-0.2, -0.15) is 0 Å². The Bertz CT molecular complexity index is 185. The fraction of sp³-hybridized carbons (Fsp3) is 0.375. The zero-order valence-corrected chi connectivity index (χ0v) is 6.31. The highest BCUT2D eigenvalue weighted by Gasteiger charge is 2.06. The molecular weight excluding hydrogens is 150 g/mol. The van der Waals surface area contributed by atoms with Crippen LogP contribution in [0.5, 0.6) is 0 Å². The van der Waals surface area contributed by atoms with E-state index in [0.29, 0.717) is 0 Å². The molecule has 0 aliphatic rings. The lowest BCUT2D eigenvalue weighted by molar-refractivity contribution is -0.116. The summed E-state index contributed by atoms with van der Waals surface area (Å²) in [5.41, 5.74) is 0. The van der Waals surface area contributed by atoms with E-state index >= 15 is 0 Å². The van der Waals surface area contributed by atoms with Gasteiger partial charge >= 0.3 is 0 Å². The zero-order chi connectivity index (χ0) is 8.85. The van der Waals surface area contributed by atoms with Gasteiger partial charge in [-0.25, -0.2) is 8.78 Å². The minimum Gasteiger partial charge on any atom is -0.300 e. The molecule has 0 rings (SSSR count). The van der Waals surface area contributed by atoms with Crippen molar-refractivity contribution >= 4 is 5.78 Å². The van der Waals surface area contributed by atoms with E-state index in [-0.39, 0.29) is 12.2 Å². The van der Waals surface area contributed by atoms with Crippen LogP contribution in [0.1, 0.15) is 13.3 Å². The second kappa shape index (κ2) is 4.77. The average molecular weight is 160 g/mol. The molecule has 3 heteroatoms. The molecule has 0 N–H and O–H groups in total. The van der Waals surface area contributed by atoms with Crippen LogP contribution in [0.3, 0.4) is 0 Å². The van der Waals surface area contributed by atoms with Crippen LogP contribution in [-0.4, -0.2) is 12.0 Å². The van der Waals surface area contributed by atoms with Gasteiger partial charge in [0, 0.05) is 6.42 Å². The maximum absolute atomic E-state index is 12.4. The monoisotopic (exact) mass is 160 g/mol. The normalized spacial score (nSPS) is 14.3.